The lowest BCUT2D eigenvalue weighted by Crippen LogP contribution is -2.46. The molecule has 2 aliphatic heterocycles. The molecule has 2 aliphatic rings. The summed E-state index contributed by atoms with van der Waals surface area (Å²) in [6.45, 7) is 5.70. The van der Waals surface area contributed by atoms with E-state index < -0.39 is 44.3 Å². The Hall–Kier alpha value is -3.32. The van der Waals surface area contributed by atoms with Crippen LogP contribution in [0.3, 0.4) is 0 Å². The van der Waals surface area contributed by atoms with E-state index in [1.807, 2.05) is 0 Å². The number of fused-ring (bicyclic) bond motifs is 1. The fourth-order valence-electron chi connectivity index (χ4n) is 4.24. The van der Waals surface area contributed by atoms with Gasteiger partial charge in [-0.1, -0.05) is 12.1 Å². The molecule has 0 unspecified atom stereocenters. The summed E-state index contributed by atoms with van der Waals surface area (Å²) in [6.07, 6.45) is -6.00. The molecule has 0 aliphatic carbocycles. The molecular weight excluding hydrogens is 541 g/mol. The molecule has 1 atom stereocenters. The van der Waals surface area contributed by atoms with Crippen LogP contribution in [0.2, 0.25) is 0 Å². The third-order valence-corrected chi connectivity index (χ3v) is 7.76. The molecule has 1 saturated heterocycles. The lowest BCUT2D eigenvalue weighted by molar-refractivity contribution is -0.154. The molecule has 0 aromatic heterocycles. The number of hydrogen-bond donors (Lipinski definition) is 0. The zero-order chi connectivity index (χ0) is 28.6. The van der Waals surface area contributed by atoms with Gasteiger partial charge in [-0.2, -0.15) is 13.2 Å². The van der Waals surface area contributed by atoms with Crippen molar-refractivity contribution in [1.29, 1.82) is 0 Å². The summed E-state index contributed by atoms with van der Waals surface area (Å²) >= 11 is 0. The van der Waals surface area contributed by atoms with Crippen LogP contribution < -0.4 is 9.04 Å². The van der Waals surface area contributed by atoms with E-state index in [0.29, 0.717) is 24.8 Å². The molecule has 39 heavy (non-hydrogen) atoms. The molecule has 9 nitrogen and oxygen atoms in total. The highest BCUT2D eigenvalue weighted by molar-refractivity contribution is 7.92. The van der Waals surface area contributed by atoms with Gasteiger partial charge in [0.1, 0.15) is 24.2 Å². The van der Waals surface area contributed by atoms with E-state index in [9.17, 15) is 31.2 Å². The molecule has 0 saturated carbocycles. The largest absolute Gasteiger partial charge is 0.486 e. The number of amides is 1. The number of sulfonamides is 1. The van der Waals surface area contributed by atoms with Crippen LogP contribution in [-0.4, -0.2) is 63.3 Å². The number of halogens is 3. The Balaban J connectivity index is 1.70. The van der Waals surface area contributed by atoms with Crippen LogP contribution in [0.1, 0.15) is 38.3 Å². The number of hydrogen-bond acceptors (Lipinski definition) is 7. The molecule has 4 rings (SSSR count). The topological polar surface area (TPSA) is 102 Å². The third kappa shape index (κ3) is 6.82. The zero-order valence-electron chi connectivity index (χ0n) is 21.7. The van der Waals surface area contributed by atoms with Crippen molar-refractivity contribution < 1.29 is 45.4 Å². The second kappa shape index (κ2) is 10.7. The van der Waals surface area contributed by atoms with Crippen molar-refractivity contribution in [2.75, 3.05) is 30.7 Å². The first-order chi connectivity index (χ1) is 18.1. The van der Waals surface area contributed by atoms with Crippen molar-refractivity contribution in [1.82, 2.24) is 4.90 Å². The first-order valence-electron chi connectivity index (χ1n) is 12.2. The number of nitrogens with zero attached hydrogens (tertiary/aromatic N) is 2. The van der Waals surface area contributed by atoms with Crippen LogP contribution in [-0.2, 0) is 41.7 Å². The Labute approximate surface area is 224 Å². The molecule has 1 amide bonds. The molecular formula is C26H29F3N2O7S. The van der Waals surface area contributed by atoms with Crippen molar-refractivity contribution in [3.8, 4) is 5.75 Å². The standard InChI is InChI=1S/C26H29F3N2O7S/c1-25(2,3)38-24(33)12-17-7-8-22-21(11-17)31(15-19(37-22)14-23(32)30-9-10-36-16-30)39(34,35)20-6-4-5-18(13-20)26(27,28)29/h4-8,11,13,19H,9-10,12,14-16H2,1-3H3/t19-/m0/s1. The Bertz CT molecular complexity index is 1350. The quantitative estimate of drug-likeness (QED) is 0.488. The minimum atomic E-state index is -4.75. The minimum absolute atomic E-state index is 0.0432. The number of ether oxygens (including phenoxy) is 3. The summed E-state index contributed by atoms with van der Waals surface area (Å²) in [4.78, 5) is 26.0. The number of esters is 1. The van der Waals surface area contributed by atoms with Crippen molar-refractivity contribution in [3.63, 3.8) is 0 Å². The fourth-order valence-corrected chi connectivity index (χ4v) is 5.79. The molecule has 1 fully saturated rings. The maximum absolute atomic E-state index is 13.7. The summed E-state index contributed by atoms with van der Waals surface area (Å²) < 4.78 is 85.0. The average molecular weight is 571 g/mol. The highest BCUT2D eigenvalue weighted by Crippen LogP contribution is 2.39. The molecule has 212 valence electrons. The van der Waals surface area contributed by atoms with E-state index in [4.69, 9.17) is 14.2 Å². The smallest absolute Gasteiger partial charge is 0.416 e. The molecule has 2 heterocycles. The molecule has 13 heteroatoms. The molecule has 0 N–H and O–H groups in total. The SMILES string of the molecule is CC(C)(C)OC(=O)Cc1ccc2c(c1)N(S(=O)(=O)c1cccc(C(F)(F)F)c1)C[C@H](CC(=O)N1CCOC1)O2. The molecule has 0 radical (unpaired) electrons. The lowest BCUT2D eigenvalue weighted by Gasteiger charge is -2.36. The maximum Gasteiger partial charge on any atom is 0.416 e. The van der Waals surface area contributed by atoms with Crippen LogP contribution in [0.4, 0.5) is 18.9 Å². The number of rotatable bonds is 6. The summed E-state index contributed by atoms with van der Waals surface area (Å²) in [5.41, 5.74) is -1.38. The molecule has 0 spiro atoms. The predicted molar refractivity (Wildman–Crippen MR) is 134 cm³/mol. The van der Waals surface area contributed by atoms with E-state index >= 15 is 0 Å². The van der Waals surface area contributed by atoms with Crippen LogP contribution >= 0.6 is 0 Å². The fraction of sp³-hybridized carbons (Fsp3) is 0.462. The second-order valence-corrected chi connectivity index (χ2v) is 12.1. The Morgan fingerprint density at radius 2 is 1.85 bits per heavy atom. The second-order valence-electron chi connectivity index (χ2n) is 10.3. The summed E-state index contributed by atoms with van der Waals surface area (Å²) in [5.74, 6) is -0.734. The summed E-state index contributed by atoms with van der Waals surface area (Å²) in [7, 11) is -4.53. The van der Waals surface area contributed by atoms with Crippen LogP contribution in [0.5, 0.6) is 5.75 Å². The number of carbonyl (C=O) groups excluding carboxylic acids is 2. The average Bonchev–Trinajstić information content (AvgIpc) is 3.37. The van der Waals surface area contributed by atoms with Crippen LogP contribution in [0.15, 0.2) is 47.4 Å². The van der Waals surface area contributed by atoms with Crippen molar-refractivity contribution in [2.45, 2.75) is 56.4 Å². The van der Waals surface area contributed by atoms with E-state index in [1.165, 1.54) is 17.0 Å². The Kier molecular flexibility index (Phi) is 7.86. The van der Waals surface area contributed by atoms with Crippen molar-refractivity contribution >= 4 is 27.6 Å². The van der Waals surface area contributed by atoms with Crippen LogP contribution in [0.25, 0.3) is 0 Å². The Morgan fingerprint density at radius 3 is 2.49 bits per heavy atom. The van der Waals surface area contributed by atoms with Gasteiger partial charge in [0.05, 0.1) is 42.1 Å². The van der Waals surface area contributed by atoms with Gasteiger partial charge in [0.15, 0.2) is 0 Å². The van der Waals surface area contributed by atoms with Gasteiger partial charge in [-0.25, -0.2) is 8.42 Å². The maximum atomic E-state index is 13.7. The highest BCUT2D eigenvalue weighted by atomic mass is 32.2. The van der Waals surface area contributed by atoms with Gasteiger partial charge in [0.2, 0.25) is 5.91 Å². The van der Waals surface area contributed by atoms with Gasteiger partial charge < -0.3 is 19.1 Å². The third-order valence-electron chi connectivity index (χ3n) is 5.98. The summed E-state index contributed by atoms with van der Waals surface area (Å²) in [5, 5.41) is 0. The van der Waals surface area contributed by atoms with Gasteiger partial charge in [-0.05, 0) is 56.7 Å². The minimum Gasteiger partial charge on any atom is -0.486 e. The lowest BCUT2D eigenvalue weighted by atomic mass is 10.1. The van der Waals surface area contributed by atoms with Gasteiger partial charge in [-0.3, -0.25) is 13.9 Å². The van der Waals surface area contributed by atoms with E-state index in [0.717, 1.165) is 22.5 Å². The number of anilines is 1. The molecule has 2 aromatic carbocycles. The number of alkyl halides is 3. The number of carbonyl (C=O) groups is 2. The monoisotopic (exact) mass is 570 g/mol. The highest BCUT2D eigenvalue weighted by Gasteiger charge is 2.38. The summed E-state index contributed by atoms with van der Waals surface area (Å²) in [6, 6.07) is 7.91. The predicted octanol–water partition coefficient (Wildman–Crippen LogP) is 3.75. The molecule has 0 bridgehead atoms. The van der Waals surface area contributed by atoms with E-state index in [1.54, 1.807) is 26.8 Å². The van der Waals surface area contributed by atoms with E-state index in [2.05, 4.69) is 0 Å². The van der Waals surface area contributed by atoms with Crippen LogP contribution in [0, 0.1) is 0 Å². The Morgan fingerprint density at radius 1 is 1.10 bits per heavy atom. The normalized spacial score (nSPS) is 17.9. The van der Waals surface area contributed by atoms with Gasteiger partial charge in [0, 0.05) is 6.54 Å². The first-order valence-corrected chi connectivity index (χ1v) is 13.6. The molecule has 2 aromatic rings. The zero-order valence-corrected chi connectivity index (χ0v) is 22.5. The number of benzene rings is 2. The first kappa shape index (κ1) is 28.7. The van der Waals surface area contributed by atoms with E-state index in [-0.39, 0.29) is 43.5 Å². The van der Waals surface area contributed by atoms with Gasteiger partial charge >= 0.3 is 12.1 Å². The van der Waals surface area contributed by atoms with Crippen molar-refractivity contribution in [2.24, 2.45) is 0 Å². The van der Waals surface area contributed by atoms with Gasteiger partial charge in [0.25, 0.3) is 10.0 Å². The van der Waals surface area contributed by atoms with Crippen molar-refractivity contribution in [3.05, 3.63) is 53.6 Å². The van der Waals surface area contributed by atoms with Gasteiger partial charge in [-0.15, -0.1) is 0 Å².